The van der Waals surface area contributed by atoms with Crippen LogP contribution in [0.1, 0.15) is 47.9 Å². The monoisotopic (exact) mass is 774 g/mol. The van der Waals surface area contributed by atoms with E-state index in [1.165, 1.54) is 24.8 Å². The van der Waals surface area contributed by atoms with Crippen LogP contribution in [0.3, 0.4) is 0 Å². The highest BCUT2D eigenvalue weighted by Gasteiger charge is 2.27. The summed E-state index contributed by atoms with van der Waals surface area (Å²) in [6, 6.07) is 26.7. The van der Waals surface area contributed by atoms with Crippen LogP contribution in [0.5, 0.6) is 23.3 Å². The van der Waals surface area contributed by atoms with Crippen LogP contribution in [-0.4, -0.2) is 44.8 Å². The molecule has 58 heavy (non-hydrogen) atoms. The Bertz CT molecular complexity index is 2590. The van der Waals surface area contributed by atoms with Crippen LogP contribution >= 0.6 is 0 Å². The fourth-order valence-electron chi connectivity index (χ4n) is 6.59. The molecule has 13 heteroatoms. The summed E-state index contributed by atoms with van der Waals surface area (Å²) >= 11 is 0. The first-order valence-electron chi connectivity index (χ1n) is 18.7. The molecule has 0 bridgehead atoms. The molecule has 0 radical (unpaired) electrons. The van der Waals surface area contributed by atoms with Crippen molar-refractivity contribution >= 4 is 40.3 Å². The molecule has 0 saturated heterocycles. The minimum absolute atomic E-state index is 0.243. The van der Waals surface area contributed by atoms with E-state index in [4.69, 9.17) is 9.47 Å². The number of hydrogen-bond donors (Lipinski definition) is 0. The maximum absolute atomic E-state index is 15.0. The Labute approximate surface area is 332 Å². The molecule has 11 nitrogen and oxygen atoms in total. The Morgan fingerprint density at radius 1 is 0.586 bits per heavy atom. The lowest BCUT2D eigenvalue weighted by Gasteiger charge is -2.20. The highest BCUT2D eigenvalue weighted by atomic mass is 19.1. The lowest BCUT2D eigenvalue weighted by molar-refractivity contribution is -0.120. The number of nitrogens with zero attached hydrogens (tertiary/aromatic N) is 8. The van der Waals surface area contributed by atoms with Gasteiger partial charge in [0.25, 0.3) is 11.8 Å². The lowest BCUT2D eigenvalue weighted by atomic mass is 9.82. The van der Waals surface area contributed by atoms with E-state index in [2.05, 4.69) is 29.9 Å². The smallest absolute Gasteiger partial charge is 0.250 e. The summed E-state index contributed by atoms with van der Waals surface area (Å²) in [4.78, 5) is 41.1. The third-order valence-electron chi connectivity index (χ3n) is 9.68. The maximum Gasteiger partial charge on any atom is 0.250 e. The SMILES string of the molecule is CCn1cnc2c(Oc3ccc(C(/C=C/c4ccccc4F)C(=O)C(/C=C/c4ccccc4F)c4ccc(Oc5ncnc6c5ncn6CC)cc4)cc3)ncnc21. The topological polar surface area (TPSA) is 123 Å². The molecule has 0 spiro atoms. The number of carbonyl (C=O) groups excluding carboxylic acids is 1. The van der Waals surface area contributed by atoms with Crippen LogP contribution in [0, 0.1) is 11.6 Å². The fraction of sp³-hybridized carbons (Fsp3) is 0.133. The minimum Gasteiger partial charge on any atom is -0.437 e. The predicted octanol–water partition coefficient (Wildman–Crippen LogP) is 9.73. The Morgan fingerprint density at radius 3 is 1.40 bits per heavy atom. The summed E-state index contributed by atoms with van der Waals surface area (Å²) < 4.78 is 45.8. The average molecular weight is 775 g/mol. The van der Waals surface area contributed by atoms with Gasteiger partial charge in [-0.3, -0.25) is 4.79 Å². The highest BCUT2D eigenvalue weighted by molar-refractivity contribution is 5.96. The number of allylic oxidation sites excluding steroid dienone is 2. The van der Waals surface area contributed by atoms with Crippen LogP contribution in [0.4, 0.5) is 8.78 Å². The lowest BCUT2D eigenvalue weighted by Crippen LogP contribution is -2.18. The molecule has 2 unspecified atom stereocenters. The van der Waals surface area contributed by atoms with Crippen LogP contribution < -0.4 is 9.47 Å². The molecule has 0 fully saturated rings. The Hall–Kier alpha value is -7.41. The van der Waals surface area contributed by atoms with E-state index < -0.39 is 23.5 Å². The summed E-state index contributed by atoms with van der Waals surface area (Å²) in [6.07, 6.45) is 12.8. The third-order valence-corrected chi connectivity index (χ3v) is 9.68. The van der Waals surface area contributed by atoms with Gasteiger partial charge in [0.2, 0.25) is 0 Å². The van der Waals surface area contributed by atoms with Crippen LogP contribution in [0.15, 0.2) is 135 Å². The second-order valence-corrected chi connectivity index (χ2v) is 13.2. The van der Waals surface area contributed by atoms with Gasteiger partial charge in [-0.15, -0.1) is 0 Å². The Balaban J connectivity index is 1.14. The maximum atomic E-state index is 15.0. The van der Waals surface area contributed by atoms with Crippen molar-refractivity contribution in [2.75, 3.05) is 0 Å². The molecule has 4 aromatic carbocycles. The molecule has 4 aromatic heterocycles. The summed E-state index contributed by atoms with van der Waals surface area (Å²) in [5.41, 5.74) is 4.23. The molecule has 0 N–H and O–H groups in total. The van der Waals surface area contributed by atoms with Gasteiger partial charge >= 0.3 is 0 Å². The van der Waals surface area contributed by atoms with Gasteiger partial charge in [0.05, 0.1) is 24.5 Å². The van der Waals surface area contributed by atoms with Gasteiger partial charge in [-0.1, -0.05) is 85.0 Å². The predicted molar refractivity (Wildman–Crippen MR) is 216 cm³/mol. The van der Waals surface area contributed by atoms with E-state index in [-0.39, 0.29) is 5.78 Å². The van der Waals surface area contributed by atoms with Gasteiger partial charge in [0.1, 0.15) is 35.8 Å². The standard InChI is InChI=1S/C45H36F2N8O3/c1-3-54-27-52-39-42(54)48-25-50-44(39)57-33-19-13-29(14-20-33)35(23-17-31-9-5-7-11-37(31)46)41(56)36(24-18-32-10-6-8-12-38(32)47)30-15-21-34(22-16-30)58-45-40-43(49-26-51-45)55(4-2)28-53-40/h5-28,35-36H,3-4H2,1-2H3/b23-17+,24-18+. The van der Waals surface area contributed by atoms with E-state index >= 15 is 0 Å². The second kappa shape index (κ2) is 16.8. The van der Waals surface area contributed by atoms with Gasteiger partial charge in [0, 0.05) is 24.2 Å². The summed E-state index contributed by atoms with van der Waals surface area (Å²) in [6.45, 7) is 5.35. The third kappa shape index (κ3) is 7.82. The molecule has 0 amide bonds. The number of imidazole rings is 2. The number of Topliss-reactive ketones (excluding diaryl/α,β-unsaturated/α-hetero) is 1. The quantitative estimate of drug-likeness (QED) is 0.106. The molecule has 0 saturated carbocycles. The number of rotatable bonds is 14. The van der Waals surface area contributed by atoms with Gasteiger partial charge in [0.15, 0.2) is 28.1 Å². The molecule has 0 aliphatic rings. The number of carbonyl (C=O) groups is 1. The van der Waals surface area contributed by atoms with Crippen molar-refractivity contribution in [3.05, 3.63) is 168 Å². The van der Waals surface area contributed by atoms with Gasteiger partial charge in [-0.05, 0) is 61.4 Å². The van der Waals surface area contributed by atoms with Crippen molar-refractivity contribution in [2.45, 2.75) is 38.8 Å². The number of halogens is 2. The zero-order chi connectivity index (χ0) is 40.0. The summed E-state index contributed by atoms with van der Waals surface area (Å²) in [5, 5.41) is 0. The molecule has 288 valence electrons. The number of fused-ring (bicyclic) bond motifs is 2. The van der Waals surface area contributed by atoms with Crippen molar-refractivity contribution in [1.82, 2.24) is 39.0 Å². The Kier molecular flexibility index (Phi) is 10.8. The van der Waals surface area contributed by atoms with E-state index in [1.807, 2.05) is 23.0 Å². The first-order chi connectivity index (χ1) is 28.4. The van der Waals surface area contributed by atoms with Crippen molar-refractivity contribution in [3.63, 3.8) is 0 Å². The summed E-state index contributed by atoms with van der Waals surface area (Å²) in [5.74, 6) is -1.31. The van der Waals surface area contributed by atoms with E-state index in [0.717, 1.165) is 0 Å². The van der Waals surface area contributed by atoms with Gasteiger partial charge in [-0.2, -0.15) is 9.97 Å². The number of aromatic nitrogens is 8. The molecule has 4 heterocycles. The van der Waals surface area contributed by atoms with Crippen LogP contribution in [0.25, 0.3) is 34.5 Å². The number of benzene rings is 4. The normalized spacial score (nSPS) is 12.8. The first kappa shape index (κ1) is 37.5. The minimum atomic E-state index is -0.867. The van der Waals surface area contributed by atoms with E-state index in [0.29, 0.717) is 80.9 Å². The van der Waals surface area contributed by atoms with E-state index in [1.54, 1.807) is 122 Å². The summed E-state index contributed by atoms with van der Waals surface area (Å²) in [7, 11) is 0. The molecule has 2 atom stereocenters. The zero-order valence-corrected chi connectivity index (χ0v) is 31.5. The largest absolute Gasteiger partial charge is 0.437 e. The fourth-order valence-corrected chi connectivity index (χ4v) is 6.59. The molecule has 8 aromatic rings. The number of aryl methyl sites for hydroxylation is 2. The molecular weight excluding hydrogens is 739 g/mol. The number of ether oxygens (including phenoxy) is 2. The molecule has 0 aliphatic carbocycles. The average Bonchev–Trinajstić information content (AvgIpc) is 3.89. The second-order valence-electron chi connectivity index (χ2n) is 13.2. The highest BCUT2D eigenvalue weighted by Crippen LogP contribution is 2.34. The Morgan fingerprint density at radius 2 is 1.00 bits per heavy atom. The van der Waals surface area contributed by atoms with Crippen LogP contribution in [0.2, 0.25) is 0 Å². The van der Waals surface area contributed by atoms with Crippen molar-refractivity contribution in [3.8, 4) is 23.3 Å². The first-order valence-corrected chi connectivity index (χ1v) is 18.7. The van der Waals surface area contributed by atoms with Gasteiger partial charge < -0.3 is 18.6 Å². The van der Waals surface area contributed by atoms with Crippen molar-refractivity contribution in [2.24, 2.45) is 0 Å². The zero-order valence-electron chi connectivity index (χ0n) is 31.5. The van der Waals surface area contributed by atoms with E-state index in [9.17, 15) is 13.6 Å². The van der Waals surface area contributed by atoms with Crippen molar-refractivity contribution < 1.29 is 23.0 Å². The molecule has 0 aliphatic heterocycles. The van der Waals surface area contributed by atoms with Gasteiger partial charge in [-0.25, -0.2) is 28.7 Å². The number of hydrogen-bond acceptors (Lipinski definition) is 9. The number of ketones is 1. The molecule has 8 rings (SSSR count). The molecular formula is C45H36F2N8O3. The van der Waals surface area contributed by atoms with Crippen molar-refractivity contribution in [1.29, 1.82) is 0 Å². The van der Waals surface area contributed by atoms with Crippen LogP contribution in [-0.2, 0) is 17.9 Å².